The molecule has 5 heteroatoms. The SMILES string of the molecule is CCCCNC(=O)OCC1COC(CCC)O1. The van der Waals surface area contributed by atoms with Gasteiger partial charge in [-0.05, 0) is 12.8 Å². The van der Waals surface area contributed by atoms with E-state index in [9.17, 15) is 4.79 Å². The molecular weight excluding hydrogens is 222 g/mol. The minimum atomic E-state index is -0.374. The smallest absolute Gasteiger partial charge is 0.407 e. The van der Waals surface area contributed by atoms with Gasteiger partial charge in [0.15, 0.2) is 6.29 Å². The third-order valence-corrected chi connectivity index (χ3v) is 2.54. The van der Waals surface area contributed by atoms with Crippen LogP contribution in [0.3, 0.4) is 0 Å². The fraction of sp³-hybridized carbons (Fsp3) is 0.917. The molecule has 0 bridgehead atoms. The third-order valence-electron chi connectivity index (χ3n) is 2.54. The van der Waals surface area contributed by atoms with Crippen LogP contribution in [-0.2, 0) is 14.2 Å². The molecule has 100 valence electrons. The molecule has 1 saturated heterocycles. The molecule has 1 rings (SSSR count). The maximum Gasteiger partial charge on any atom is 0.407 e. The van der Waals surface area contributed by atoms with E-state index in [1.54, 1.807) is 0 Å². The number of alkyl carbamates (subject to hydrolysis) is 1. The van der Waals surface area contributed by atoms with E-state index >= 15 is 0 Å². The van der Waals surface area contributed by atoms with Gasteiger partial charge in [-0.2, -0.15) is 0 Å². The van der Waals surface area contributed by atoms with Crippen molar-refractivity contribution in [2.24, 2.45) is 0 Å². The average Bonchev–Trinajstić information content (AvgIpc) is 2.75. The second kappa shape index (κ2) is 8.31. The summed E-state index contributed by atoms with van der Waals surface area (Å²) in [6.45, 7) is 5.59. The first-order valence-corrected chi connectivity index (χ1v) is 6.44. The van der Waals surface area contributed by atoms with Crippen molar-refractivity contribution in [3.8, 4) is 0 Å². The van der Waals surface area contributed by atoms with Crippen LogP contribution in [-0.4, -0.2) is 38.2 Å². The van der Waals surface area contributed by atoms with Crippen molar-refractivity contribution in [1.29, 1.82) is 0 Å². The van der Waals surface area contributed by atoms with E-state index in [2.05, 4.69) is 19.2 Å². The fourth-order valence-electron chi connectivity index (χ4n) is 1.57. The third kappa shape index (κ3) is 5.89. The Kier molecular flexibility index (Phi) is 6.96. The highest BCUT2D eigenvalue weighted by molar-refractivity contribution is 5.67. The molecule has 1 aliphatic rings. The van der Waals surface area contributed by atoms with Crippen LogP contribution >= 0.6 is 0 Å². The van der Waals surface area contributed by atoms with Gasteiger partial charge in [-0.3, -0.25) is 0 Å². The summed E-state index contributed by atoms with van der Waals surface area (Å²) in [5, 5.41) is 2.69. The molecule has 1 amide bonds. The summed E-state index contributed by atoms with van der Waals surface area (Å²) in [4.78, 5) is 11.3. The van der Waals surface area contributed by atoms with Gasteiger partial charge >= 0.3 is 6.09 Å². The quantitative estimate of drug-likeness (QED) is 0.697. The normalized spacial score (nSPS) is 23.6. The van der Waals surface area contributed by atoms with Crippen LogP contribution in [0.2, 0.25) is 0 Å². The highest BCUT2D eigenvalue weighted by Crippen LogP contribution is 2.15. The molecule has 5 nitrogen and oxygen atoms in total. The zero-order chi connectivity index (χ0) is 12.5. The van der Waals surface area contributed by atoms with Crippen molar-refractivity contribution in [2.45, 2.75) is 51.9 Å². The Morgan fingerprint density at radius 1 is 1.41 bits per heavy atom. The lowest BCUT2D eigenvalue weighted by molar-refractivity contribution is -0.0700. The number of ether oxygens (including phenoxy) is 3. The van der Waals surface area contributed by atoms with E-state index in [1.807, 2.05) is 0 Å². The molecule has 1 aliphatic heterocycles. The van der Waals surface area contributed by atoms with Crippen LogP contribution in [0.15, 0.2) is 0 Å². The van der Waals surface area contributed by atoms with Crippen molar-refractivity contribution < 1.29 is 19.0 Å². The minimum Gasteiger partial charge on any atom is -0.447 e. The van der Waals surface area contributed by atoms with Gasteiger partial charge in [-0.25, -0.2) is 4.79 Å². The van der Waals surface area contributed by atoms with Crippen LogP contribution in [0.5, 0.6) is 0 Å². The first kappa shape index (κ1) is 14.3. The Labute approximate surface area is 103 Å². The fourth-order valence-corrected chi connectivity index (χ4v) is 1.57. The van der Waals surface area contributed by atoms with E-state index in [0.29, 0.717) is 13.2 Å². The van der Waals surface area contributed by atoms with Crippen LogP contribution in [0.25, 0.3) is 0 Å². The van der Waals surface area contributed by atoms with Crippen molar-refractivity contribution in [1.82, 2.24) is 5.32 Å². The molecule has 0 saturated carbocycles. The largest absolute Gasteiger partial charge is 0.447 e. The molecule has 2 unspecified atom stereocenters. The van der Waals surface area contributed by atoms with Crippen molar-refractivity contribution in [3.05, 3.63) is 0 Å². The molecule has 0 aliphatic carbocycles. The summed E-state index contributed by atoms with van der Waals surface area (Å²) in [6.07, 6.45) is 3.31. The van der Waals surface area contributed by atoms with Crippen LogP contribution in [0, 0.1) is 0 Å². The number of rotatable bonds is 7. The summed E-state index contributed by atoms with van der Waals surface area (Å²) in [5.74, 6) is 0. The highest BCUT2D eigenvalue weighted by Gasteiger charge is 2.26. The van der Waals surface area contributed by atoms with Gasteiger partial charge in [0.2, 0.25) is 0 Å². The molecule has 2 atom stereocenters. The van der Waals surface area contributed by atoms with Gasteiger partial charge in [0.25, 0.3) is 0 Å². The van der Waals surface area contributed by atoms with Crippen LogP contribution in [0.4, 0.5) is 4.79 Å². The Morgan fingerprint density at radius 2 is 2.24 bits per heavy atom. The minimum absolute atomic E-state index is 0.122. The summed E-state index contributed by atoms with van der Waals surface area (Å²) in [5.41, 5.74) is 0. The standard InChI is InChI=1S/C12H23NO4/c1-3-5-7-13-12(14)16-9-10-8-15-11(17-10)6-4-2/h10-11H,3-9H2,1-2H3,(H,13,14). The number of carbonyl (C=O) groups excluding carboxylic acids is 1. The molecule has 0 aromatic heterocycles. The Bertz CT molecular complexity index is 223. The van der Waals surface area contributed by atoms with E-state index in [-0.39, 0.29) is 25.1 Å². The van der Waals surface area contributed by atoms with E-state index in [0.717, 1.165) is 25.7 Å². The maximum absolute atomic E-state index is 11.3. The monoisotopic (exact) mass is 245 g/mol. The predicted molar refractivity (Wildman–Crippen MR) is 63.8 cm³/mol. The summed E-state index contributed by atoms with van der Waals surface area (Å²) in [7, 11) is 0. The van der Waals surface area contributed by atoms with E-state index in [4.69, 9.17) is 14.2 Å². The van der Waals surface area contributed by atoms with Gasteiger partial charge in [0, 0.05) is 6.54 Å². The first-order valence-electron chi connectivity index (χ1n) is 6.44. The number of amides is 1. The topological polar surface area (TPSA) is 56.8 Å². The number of unbranched alkanes of at least 4 members (excludes halogenated alkanes) is 1. The first-order chi connectivity index (χ1) is 8.26. The predicted octanol–water partition coefficient (Wildman–Crippen LogP) is 2.05. The summed E-state index contributed by atoms with van der Waals surface area (Å²) < 4.78 is 16.0. The van der Waals surface area contributed by atoms with E-state index < -0.39 is 0 Å². The second-order valence-corrected chi connectivity index (χ2v) is 4.19. The molecular formula is C12H23NO4. The zero-order valence-electron chi connectivity index (χ0n) is 10.7. The molecule has 1 N–H and O–H groups in total. The summed E-state index contributed by atoms with van der Waals surface area (Å²) >= 11 is 0. The van der Waals surface area contributed by atoms with Crippen LogP contribution in [0.1, 0.15) is 39.5 Å². The molecule has 17 heavy (non-hydrogen) atoms. The molecule has 1 fully saturated rings. The van der Waals surface area contributed by atoms with Gasteiger partial charge in [0.1, 0.15) is 12.7 Å². The number of carbonyl (C=O) groups is 1. The van der Waals surface area contributed by atoms with Crippen molar-refractivity contribution >= 4 is 6.09 Å². The van der Waals surface area contributed by atoms with Gasteiger partial charge in [0.05, 0.1) is 6.61 Å². The molecule has 0 aromatic carbocycles. The summed E-state index contributed by atoms with van der Waals surface area (Å²) in [6, 6.07) is 0. The Balaban J connectivity index is 2.04. The van der Waals surface area contributed by atoms with Crippen molar-refractivity contribution in [2.75, 3.05) is 19.8 Å². The highest BCUT2D eigenvalue weighted by atomic mass is 16.7. The number of nitrogens with one attached hydrogen (secondary N) is 1. The lowest BCUT2D eigenvalue weighted by Gasteiger charge is -2.11. The molecule has 0 spiro atoms. The van der Waals surface area contributed by atoms with Gasteiger partial charge in [-0.15, -0.1) is 0 Å². The molecule has 1 heterocycles. The maximum atomic E-state index is 11.3. The molecule has 0 aromatic rings. The average molecular weight is 245 g/mol. The number of hydrogen-bond donors (Lipinski definition) is 1. The van der Waals surface area contributed by atoms with E-state index in [1.165, 1.54) is 0 Å². The lowest BCUT2D eigenvalue weighted by Crippen LogP contribution is -2.29. The van der Waals surface area contributed by atoms with Crippen molar-refractivity contribution in [3.63, 3.8) is 0 Å². The second-order valence-electron chi connectivity index (χ2n) is 4.19. The van der Waals surface area contributed by atoms with Gasteiger partial charge in [-0.1, -0.05) is 26.7 Å². The number of hydrogen-bond acceptors (Lipinski definition) is 4. The Morgan fingerprint density at radius 3 is 2.94 bits per heavy atom. The van der Waals surface area contributed by atoms with Gasteiger partial charge < -0.3 is 19.5 Å². The van der Waals surface area contributed by atoms with Crippen LogP contribution < -0.4 is 5.32 Å². The molecule has 0 radical (unpaired) electrons. The lowest BCUT2D eigenvalue weighted by atomic mass is 10.3. The zero-order valence-corrected chi connectivity index (χ0v) is 10.7. The Hall–Kier alpha value is -0.810.